The SMILES string of the molecule is Cc1ccc(NC(=O)c2sc3ncn(CC(=O)NCC(C)C)c(=O)c3c2C)c(C)c1. The number of thiophene rings is 1. The number of rotatable bonds is 6. The summed E-state index contributed by atoms with van der Waals surface area (Å²) in [5.74, 6) is -0.195. The van der Waals surface area contributed by atoms with E-state index in [9.17, 15) is 14.4 Å². The van der Waals surface area contributed by atoms with Crippen molar-refractivity contribution in [3.63, 3.8) is 0 Å². The summed E-state index contributed by atoms with van der Waals surface area (Å²) in [6.45, 7) is 10.1. The van der Waals surface area contributed by atoms with E-state index in [0.29, 0.717) is 33.1 Å². The minimum Gasteiger partial charge on any atom is -0.354 e. The average molecular weight is 427 g/mol. The van der Waals surface area contributed by atoms with Gasteiger partial charge in [0.25, 0.3) is 11.5 Å². The number of carbonyl (C=O) groups excluding carboxylic acids is 2. The molecule has 30 heavy (non-hydrogen) atoms. The number of amides is 2. The van der Waals surface area contributed by atoms with E-state index in [1.54, 1.807) is 6.92 Å². The standard InChI is InChI=1S/C22H26N4O3S/c1-12(2)9-23-17(27)10-26-11-24-21-18(22(26)29)15(5)19(30-21)20(28)25-16-7-6-13(3)8-14(16)4/h6-8,11-12H,9-10H2,1-5H3,(H,23,27)(H,25,28). The van der Waals surface area contributed by atoms with Gasteiger partial charge >= 0.3 is 0 Å². The molecule has 158 valence electrons. The van der Waals surface area contributed by atoms with Gasteiger partial charge in [-0.05, 0) is 43.9 Å². The Balaban J connectivity index is 1.88. The van der Waals surface area contributed by atoms with Crippen molar-refractivity contribution in [2.24, 2.45) is 5.92 Å². The lowest BCUT2D eigenvalue weighted by atomic mass is 10.1. The van der Waals surface area contributed by atoms with Gasteiger partial charge in [0.1, 0.15) is 11.4 Å². The van der Waals surface area contributed by atoms with E-state index in [4.69, 9.17) is 0 Å². The number of aromatic nitrogens is 2. The highest BCUT2D eigenvalue weighted by atomic mass is 32.1. The van der Waals surface area contributed by atoms with Crippen LogP contribution in [0, 0.1) is 26.7 Å². The van der Waals surface area contributed by atoms with Gasteiger partial charge in [-0.1, -0.05) is 31.5 Å². The van der Waals surface area contributed by atoms with Crippen LogP contribution < -0.4 is 16.2 Å². The van der Waals surface area contributed by atoms with Crippen LogP contribution in [-0.2, 0) is 11.3 Å². The fraction of sp³-hybridized carbons (Fsp3) is 0.364. The predicted octanol–water partition coefficient (Wildman–Crippen LogP) is 3.41. The van der Waals surface area contributed by atoms with Crippen molar-refractivity contribution in [3.05, 3.63) is 56.4 Å². The first-order valence-electron chi connectivity index (χ1n) is 9.81. The van der Waals surface area contributed by atoms with E-state index in [-0.39, 0.29) is 23.9 Å². The summed E-state index contributed by atoms with van der Waals surface area (Å²) >= 11 is 1.18. The van der Waals surface area contributed by atoms with Crippen molar-refractivity contribution >= 4 is 39.1 Å². The summed E-state index contributed by atoms with van der Waals surface area (Å²) in [7, 11) is 0. The first-order valence-corrected chi connectivity index (χ1v) is 10.6. The third-order valence-electron chi connectivity index (χ3n) is 4.78. The number of nitrogens with zero attached hydrogens (tertiary/aromatic N) is 2. The van der Waals surface area contributed by atoms with Crippen LogP contribution in [0.2, 0.25) is 0 Å². The summed E-state index contributed by atoms with van der Waals surface area (Å²) in [5, 5.41) is 6.09. The molecule has 0 atom stereocenters. The minimum atomic E-state index is -0.320. The number of hydrogen-bond donors (Lipinski definition) is 2. The monoisotopic (exact) mass is 426 g/mol. The number of benzene rings is 1. The van der Waals surface area contributed by atoms with Gasteiger partial charge in [-0.15, -0.1) is 11.3 Å². The van der Waals surface area contributed by atoms with Gasteiger partial charge in [0, 0.05) is 12.2 Å². The maximum Gasteiger partial charge on any atom is 0.266 e. The highest BCUT2D eigenvalue weighted by molar-refractivity contribution is 7.20. The minimum absolute atomic E-state index is 0.103. The van der Waals surface area contributed by atoms with Crippen LogP contribution >= 0.6 is 11.3 Å². The molecule has 2 aromatic heterocycles. The zero-order chi connectivity index (χ0) is 22.0. The lowest BCUT2D eigenvalue weighted by Gasteiger charge is -2.09. The molecule has 8 heteroatoms. The smallest absolute Gasteiger partial charge is 0.266 e. The van der Waals surface area contributed by atoms with Crippen LogP contribution in [0.3, 0.4) is 0 Å². The quantitative estimate of drug-likeness (QED) is 0.632. The molecule has 3 aromatic rings. The summed E-state index contributed by atoms with van der Waals surface area (Å²) in [6, 6.07) is 5.80. The topological polar surface area (TPSA) is 93.1 Å². The largest absolute Gasteiger partial charge is 0.354 e. The summed E-state index contributed by atoms with van der Waals surface area (Å²) in [4.78, 5) is 43.1. The number of hydrogen-bond acceptors (Lipinski definition) is 5. The molecule has 0 saturated heterocycles. The molecule has 0 fully saturated rings. The van der Waals surface area contributed by atoms with E-state index < -0.39 is 0 Å². The van der Waals surface area contributed by atoms with Gasteiger partial charge in [0.05, 0.1) is 16.6 Å². The molecule has 0 bridgehead atoms. The van der Waals surface area contributed by atoms with Crippen LogP contribution in [0.25, 0.3) is 10.2 Å². The Bertz CT molecular complexity index is 1180. The van der Waals surface area contributed by atoms with Crippen molar-refractivity contribution in [2.45, 2.75) is 41.2 Å². The Morgan fingerprint density at radius 3 is 2.60 bits per heavy atom. The molecule has 7 nitrogen and oxygen atoms in total. The van der Waals surface area contributed by atoms with Crippen molar-refractivity contribution in [2.75, 3.05) is 11.9 Å². The molecule has 2 heterocycles. The third kappa shape index (κ3) is 4.59. The lowest BCUT2D eigenvalue weighted by molar-refractivity contribution is -0.121. The van der Waals surface area contributed by atoms with Crippen LogP contribution in [0.15, 0.2) is 29.3 Å². The highest BCUT2D eigenvalue weighted by Crippen LogP contribution is 2.28. The molecule has 2 N–H and O–H groups in total. The molecule has 0 spiro atoms. The van der Waals surface area contributed by atoms with E-state index in [2.05, 4.69) is 15.6 Å². The van der Waals surface area contributed by atoms with Crippen molar-refractivity contribution in [1.29, 1.82) is 0 Å². The van der Waals surface area contributed by atoms with E-state index in [1.807, 2.05) is 45.9 Å². The molecule has 1 aromatic carbocycles. The average Bonchev–Trinajstić information content (AvgIpc) is 3.02. The number of aryl methyl sites for hydroxylation is 3. The Morgan fingerprint density at radius 1 is 1.20 bits per heavy atom. The fourth-order valence-electron chi connectivity index (χ4n) is 3.15. The van der Waals surface area contributed by atoms with Crippen LogP contribution in [-0.4, -0.2) is 27.9 Å². The van der Waals surface area contributed by atoms with Gasteiger partial charge < -0.3 is 10.6 Å². The fourth-order valence-corrected chi connectivity index (χ4v) is 4.18. The molecule has 0 unspecified atom stereocenters. The molecular formula is C22H26N4O3S. The maximum atomic E-state index is 12.9. The van der Waals surface area contributed by atoms with E-state index >= 15 is 0 Å². The van der Waals surface area contributed by atoms with E-state index in [1.165, 1.54) is 22.2 Å². The zero-order valence-electron chi connectivity index (χ0n) is 17.8. The van der Waals surface area contributed by atoms with Crippen molar-refractivity contribution in [1.82, 2.24) is 14.9 Å². The third-order valence-corrected chi connectivity index (χ3v) is 5.97. The molecule has 2 amide bonds. The van der Waals surface area contributed by atoms with Crippen LogP contribution in [0.4, 0.5) is 5.69 Å². The molecule has 0 saturated carbocycles. The Labute approximate surface area is 179 Å². The molecular weight excluding hydrogens is 400 g/mol. The first kappa shape index (κ1) is 21.7. The van der Waals surface area contributed by atoms with Gasteiger partial charge in [-0.2, -0.15) is 0 Å². The summed E-state index contributed by atoms with van der Waals surface area (Å²) in [5.41, 5.74) is 3.07. The molecule has 0 radical (unpaired) electrons. The maximum absolute atomic E-state index is 12.9. The lowest BCUT2D eigenvalue weighted by Crippen LogP contribution is -2.34. The van der Waals surface area contributed by atoms with Crippen molar-refractivity contribution in [3.8, 4) is 0 Å². The van der Waals surface area contributed by atoms with Crippen LogP contribution in [0.5, 0.6) is 0 Å². The van der Waals surface area contributed by atoms with Crippen molar-refractivity contribution < 1.29 is 9.59 Å². The summed E-state index contributed by atoms with van der Waals surface area (Å²) < 4.78 is 1.28. The number of anilines is 1. The van der Waals surface area contributed by atoms with Gasteiger partial charge in [0.15, 0.2) is 0 Å². The molecule has 0 aliphatic carbocycles. The predicted molar refractivity (Wildman–Crippen MR) is 120 cm³/mol. The Kier molecular flexibility index (Phi) is 6.36. The molecule has 0 aliphatic heterocycles. The second-order valence-electron chi connectivity index (χ2n) is 7.88. The number of fused-ring (bicyclic) bond motifs is 1. The van der Waals surface area contributed by atoms with E-state index in [0.717, 1.165) is 16.8 Å². The van der Waals surface area contributed by atoms with Crippen LogP contribution in [0.1, 0.15) is 40.2 Å². The molecule has 0 aliphatic rings. The molecule has 3 rings (SSSR count). The van der Waals surface area contributed by atoms with Gasteiger partial charge in [-0.3, -0.25) is 19.0 Å². The Hall–Kier alpha value is -3.00. The number of nitrogens with one attached hydrogen (secondary N) is 2. The number of carbonyl (C=O) groups is 2. The summed E-state index contributed by atoms with van der Waals surface area (Å²) in [6.07, 6.45) is 1.36. The normalized spacial score (nSPS) is 11.1. The zero-order valence-corrected chi connectivity index (χ0v) is 18.6. The van der Waals surface area contributed by atoms with Gasteiger partial charge in [0.2, 0.25) is 5.91 Å². The second-order valence-corrected chi connectivity index (χ2v) is 8.88. The van der Waals surface area contributed by atoms with Gasteiger partial charge in [-0.25, -0.2) is 4.98 Å². The highest BCUT2D eigenvalue weighted by Gasteiger charge is 2.20. The first-order chi connectivity index (χ1) is 14.2. The Morgan fingerprint density at radius 2 is 1.93 bits per heavy atom. The second kappa shape index (κ2) is 8.79.